The zero-order chi connectivity index (χ0) is 23.3. The lowest BCUT2D eigenvalue weighted by molar-refractivity contribution is -0.120. The average molecular weight is 467 g/mol. The van der Waals surface area contributed by atoms with Crippen LogP contribution in [0.3, 0.4) is 0 Å². The number of furan rings is 1. The molecule has 7 nitrogen and oxygen atoms in total. The molecular formula is C24H18FNO6S. The number of hydrogen-bond donors (Lipinski definition) is 1. The fourth-order valence-corrected chi connectivity index (χ4v) is 5.29. The molecule has 2 aromatic heterocycles. The van der Waals surface area contributed by atoms with E-state index in [2.05, 4.69) is 5.32 Å². The van der Waals surface area contributed by atoms with E-state index in [1.807, 2.05) is 6.07 Å². The molecule has 3 heterocycles. The fourth-order valence-electron chi connectivity index (χ4n) is 4.05. The van der Waals surface area contributed by atoms with Gasteiger partial charge in [-0.15, -0.1) is 0 Å². The number of hydrogen-bond acceptors (Lipinski definition) is 6. The molecule has 0 aliphatic carbocycles. The third-order valence-electron chi connectivity index (χ3n) is 5.75. The lowest BCUT2D eigenvalue weighted by atomic mass is 9.99. The van der Waals surface area contributed by atoms with Crippen LogP contribution >= 0.6 is 0 Å². The van der Waals surface area contributed by atoms with Crippen molar-refractivity contribution in [2.24, 2.45) is 0 Å². The van der Waals surface area contributed by atoms with Gasteiger partial charge in [-0.05, 0) is 42.3 Å². The summed E-state index contributed by atoms with van der Waals surface area (Å²) in [7, 11) is -3.31. The van der Waals surface area contributed by atoms with E-state index in [-0.39, 0.29) is 23.6 Å². The molecule has 2 aromatic carbocycles. The predicted molar refractivity (Wildman–Crippen MR) is 121 cm³/mol. The number of amides is 1. The van der Waals surface area contributed by atoms with Crippen molar-refractivity contribution < 1.29 is 26.4 Å². The quantitative estimate of drug-likeness (QED) is 0.460. The summed E-state index contributed by atoms with van der Waals surface area (Å²) in [5, 5.41) is 5.08. The van der Waals surface area contributed by atoms with Crippen LogP contribution in [0.5, 0.6) is 0 Å². The second-order valence-electron chi connectivity index (χ2n) is 8.00. The van der Waals surface area contributed by atoms with Gasteiger partial charge in [-0.25, -0.2) is 17.6 Å². The summed E-state index contributed by atoms with van der Waals surface area (Å²) in [4.78, 5) is 25.1. The zero-order valence-electron chi connectivity index (χ0n) is 17.4. The van der Waals surface area contributed by atoms with E-state index in [4.69, 9.17) is 8.83 Å². The van der Waals surface area contributed by atoms with Gasteiger partial charge >= 0.3 is 5.63 Å². The first kappa shape index (κ1) is 21.1. The lowest BCUT2D eigenvalue weighted by Gasteiger charge is -2.11. The van der Waals surface area contributed by atoms with E-state index >= 15 is 0 Å². The summed E-state index contributed by atoms with van der Waals surface area (Å²) >= 11 is 0. The minimum absolute atomic E-state index is 0.191. The van der Waals surface area contributed by atoms with Gasteiger partial charge in [0.25, 0.3) is 0 Å². The van der Waals surface area contributed by atoms with Gasteiger partial charge in [-0.3, -0.25) is 4.79 Å². The summed E-state index contributed by atoms with van der Waals surface area (Å²) in [5.74, 6) is -1.02. The number of sulfone groups is 1. The number of rotatable bonds is 4. The molecule has 33 heavy (non-hydrogen) atoms. The molecule has 0 bridgehead atoms. The normalized spacial score (nSPS) is 17.1. The molecule has 1 aliphatic rings. The number of benzene rings is 2. The first-order valence-electron chi connectivity index (χ1n) is 10.1. The van der Waals surface area contributed by atoms with Crippen LogP contribution in [0.25, 0.3) is 33.1 Å². The van der Waals surface area contributed by atoms with Crippen molar-refractivity contribution in [1.82, 2.24) is 5.32 Å². The van der Waals surface area contributed by atoms with Crippen LogP contribution in [0.15, 0.2) is 67.8 Å². The second kappa shape index (κ2) is 7.70. The van der Waals surface area contributed by atoms with Crippen LogP contribution in [0.1, 0.15) is 11.1 Å². The van der Waals surface area contributed by atoms with Gasteiger partial charge in [-0.2, -0.15) is 0 Å². The smallest absolute Gasteiger partial charge is 0.340 e. The number of fused-ring (bicyclic) bond motifs is 2. The predicted octanol–water partition coefficient (Wildman–Crippen LogP) is 3.62. The highest BCUT2D eigenvalue weighted by atomic mass is 32.2. The minimum Gasteiger partial charge on any atom is -0.464 e. The molecule has 0 saturated heterocycles. The van der Waals surface area contributed by atoms with E-state index in [1.54, 1.807) is 31.4 Å². The van der Waals surface area contributed by atoms with Gasteiger partial charge in [-0.1, -0.05) is 12.1 Å². The van der Waals surface area contributed by atoms with Crippen molar-refractivity contribution in [3.05, 3.63) is 81.5 Å². The number of nitrogens with one attached hydrogen (secondary N) is 1. The summed E-state index contributed by atoms with van der Waals surface area (Å²) in [5.41, 5.74) is 2.47. The van der Waals surface area contributed by atoms with Gasteiger partial charge in [0.1, 0.15) is 17.0 Å². The molecule has 9 heteroatoms. The van der Waals surface area contributed by atoms with E-state index in [1.165, 1.54) is 18.2 Å². The van der Waals surface area contributed by atoms with Crippen LogP contribution < -0.4 is 10.9 Å². The Bertz CT molecular complexity index is 1610. The highest BCUT2D eigenvalue weighted by molar-refractivity contribution is 7.94. The molecular weight excluding hydrogens is 449 g/mol. The van der Waals surface area contributed by atoms with Gasteiger partial charge in [0, 0.05) is 27.8 Å². The molecule has 0 saturated carbocycles. The molecule has 1 unspecified atom stereocenters. The van der Waals surface area contributed by atoms with E-state index in [0.29, 0.717) is 22.1 Å². The van der Waals surface area contributed by atoms with Gasteiger partial charge in [0.2, 0.25) is 5.91 Å². The SMILES string of the molecule is Cc1c(CC(=O)NC2C=CS(=O)(=O)C2)c(=O)oc2cc3occ(-c4ccc(F)cc4)c3cc12. The van der Waals surface area contributed by atoms with Crippen LogP contribution in [-0.4, -0.2) is 26.1 Å². The molecule has 1 N–H and O–H groups in total. The third kappa shape index (κ3) is 3.95. The van der Waals surface area contributed by atoms with Crippen molar-refractivity contribution in [2.45, 2.75) is 19.4 Å². The Labute approximate surface area is 187 Å². The van der Waals surface area contributed by atoms with Crippen LogP contribution in [-0.2, 0) is 21.1 Å². The Morgan fingerprint density at radius 1 is 1.15 bits per heavy atom. The summed E-state index contributed by atoms with van der Waals surface area (Å²) in [6.07, 6.45) is 2.72. The highest BCUT2D eigenvalue weighted by Gasteiger charge is 2.24. The van der Waals surface area contributed by atoms with Gasteiger partial charge in [0.05, 0.1) is 30.0 Å². The van der Waals surface area contributed by atoms with Crippen molar-refractivity contribution in [2.75, 3.05) is 5.75 Å². The number of carbonyl (C=O) groups is 1. The minimum atomic E-state index is -3.31. The largest absolute Gasteiger partial charge is 0.464 e. The number of carbonyl (C=O) groups excluding carboxylic acids is 1. The maximum Gasteiger partial charge on any atom is 0.340 e. The zero-order valence-corrected chi connectivity index (χ0v) is 18.2. The molecule has 1 atom stereocenters. The molecule has 0 spiro atoms. The molecule has 4 aromatic rings. The molecule has 0 fully saturated rings. The van der Waals surface area contributed by atoms with Crippen LogP contribution in [0, 0.1) is 12.7 Å². The molecule has 0 radical (unpaired) electrons. The average Bonchev–Trinajstić information content (AvgIpc) is 3.32. The van der Waals surface area contributed by atoms with Crippen molar-refractivity contribution in [3.8, 4) is 11.1 Å². The third-order valence-corrected chi connectivity index (χ3v) is 7.15. The Morgan fingerprint density at radius 2 is 1.91 bits per heavy atom. The molecule has 1 amide bonds. The topological polar surface area (TPSA) is 107 Å². The van der Waals surface area contributed by atoms with Crippen molar-refractivity contribution in [1.29, 1.82) is 0 Å². The highest BCUT2D eigenvalue weighted by Crippen LogP contribution is 2.34. The maximum atomic E-state index is 13.3. The van der Waals surface area contributed by atoms with Crippen LogP contribution in [0.4, 0.5) is 4.39 Å². The second-order valence-corrected chi connectivity index (χ2v) is 9.93. The maximum absolute atomic E-state index is 13.3. The monoisotopic (exact) mass is 467 g/mol. The summed E-state index contributed by atoms with van der Waals surface area (Å²) in [6, 6.07) is 8.83. The Morgan fingerprint density at radius 3 is 2.61 bits per heavy atom. The summed E-state index contributed by atoms with van der Waals surface area (Å²) < 4.78 is 47.5. The first-order chi connectivity index (χ1) is 15.7. The molecule has 1 aliphatic heterocycles. The standard InChI is InChI=1S/C24H18FNO6S/c1-13-17-8-19-20(14-2-4-15(25)5-3-14)11-31-21(19)10-22(17)32-24(28)18(13)9-23(27)26-16-6-7-33(29,30)12-16/h2-8,10-11,16H,9,12H2,1H3,(H,26,27). The van der Waals surface area contributed by atoms with E-state index in [9.17, 15) is 22.4 Å². The van der Waals surface area contributed by atoms with E-state index in [0.717, 1.165) is 21.9 Å². The fraction of sp³-hybridized carbons (Fsp3) is 0.167. The molecule has 168 valence electrons. The lowest BCUT2D eigenvalue weighted by Crippen LogP contribution is -2.37. The Kier molecular flexibility index (Phi) is 4.93. The van der Waals surface area contributed by atoms with Crippen molar-refractivity contribution in [3.63, 3.8) is 0 Å². The van der Waals surface area contributed by atoms with E-state index < -0.39 is 27.4 Å². The first-order valence-corrected chi connectivity index (χ1v) is 11.9. The summed E-state index contributed by atoms with van der Waals surface area (Å²) in [6.45, 7) is 1.73. The Hall–Kier alpha value is -3.72. The number of aryl methyl sites for hydroxylation is 1. The molecule has 5 rings (SSSR count). The van der Waals surface area contributed by atoms with Crippen LogP contribution in [0.2, 0.25) is 0 Å². The Balaban J connectivity index is 1.52. The van der Waals surface area contributed by atoms with Gasteiger partial charge < -0.3 is 14.2 Å². The van der Waals surface area contributed by atoms with Crippen molar-refractivity contribution >= 4 is 37.7 Å². The van der Waals surface area contributed by atoms with Gasteiger partial charge in [0.15, 0.2) is 9.84 Å². The number of halogens is 1.